The third kappa shape index (κ3) is 5.46. The standard InChI is InChI=1S/C17H23N5OS.HI/c1-14-4-2-3-5-15(14)23-12-6-19-16(18)21-8-10-22(11-9-21)17-20-7-13-24-17;/h2-5,7,13H,6,8-12H2,1H3,(H2,18,19);1H. The number of ether oxygens (including phenoxy) is 1. The molecule has 6 nitrogen and oxygen atoms in total. The second kappa shape index (κ2) is 9.81. The van der Waals surface area contributed by atoms with E-state index in [0.29, 0.717) is 19.1 Å². The van der Waals surface area contributed by atoms with Crippen LogP contribution in [0.4, 0.5) is 5.13 Å². The highest BCUT2D eigenvalue weighted by Crippen LogP contribution is 2.19. The zero-order valence-electron chi connectivity index (χ0n) is 14.3. The number of aromatic nitrogens is 1. The zero-order valence-corrected chi connectivity index (χ0v) is 17.4. The van der Waals surface area contributed by atoms with Crippen LogP contribution in [0.2, 0.25) is 0 Å². The molecule has 1 aromatic carbocycles. The van der Waals surface area contributed by atoms with Crippen LogP contribution in [0, 0.1) is 6.92 Å². The molecule has 2 N–H and O–H groups in total. The Balaban J connectivity index is 0.00000225. The van der Waals surface area contributed by atoms with Gasteiger partial charge in [0.1, 0.15) is 12.4 Å². The summed E-state index contributed by atoms with van der Waals surface area (Å²) in [4.78, 5) is 13.2. The first-order valence-electron chi connectivity index (χ1n) is 8.12. The number of rotatable bonds is 5. The van der Waals surface area contributed by atoms with Gasteiger partial charge in [-0.3, -0.25) is 0 Å². The van der Waals surface area contributed by atoms with Crippen LogP contribution in [0.5, 0.6) is 5.75 Å². The molecule has 1 aliphatic rings. The van der Waals surface area contributed by atoms with Crippen molar-refractivity contribution in [3.8, 4) is 5.75 Å². The van der Waals surface area contributed by atoms with Gasteiger partial charge in [0.2, 0.25) is 0 Å². The fourth-order valence-electron chi connectivity index (χ4n) is 2.63. The van der Waals surface area contributed by atoms with E-state index in [-0.39, 0.29) is 24.0 Å². The van der Waals surface area contributed by atoms with Gasteiger partial charge in [0.15, 0.2) is 11.1 Å². The molecule has 2 aromatic rings. The highest BCUT2D eigenvalue weighted by atomic mass is 127. The second-order valence-electron chi connectivity index (χ2n) is 5.64. The maximum atomic E-state index is 6.11. The molecule has 1 fully saturated rings. The molecule has 3 rings (SSSR count). The Morgan fingerprint density at radius 2 is 2.04 bits per heavy atom. The molecule has 1 aromatic heterocycles. The Labute approximate surface area is 169 Å². The van der Waals surface area contributed by atoms with Crippen molar-refractivity contribution in [2.75, 3.05) is 44.2 Å². The Morgan fingerprint density at radius 3 is 2.72 bits per heavy atom. The summed E-state index contributed by atoms with van der Waals surface area (Å²) < 4.78 is 5.74. The Bertz CT molecular complexity index is 671. The van der Waals surface area contributed by atoms with Gasteiger partial charge >= 0.3 is 0 Å². The fraction of sp³-hybridized carbons (Fsp3) is 0.412. The van der Waals surface area contributed by atoms with E-state index < -0.39 is 0 Å². The molecule has 1 aliphatic heterocycles. The quantitative estimate of drug-likeness (QED) is 0.313. The highest BCUT2D eigenvalue weighted by Gasteiger charge is 2.19. The molecular formula is C17H24IN5OS. The number of halogens is 1. The van der Waals surface area contributed by atoms with Crippen LogP contribution in [0.3, 0.4) is 0 Å². The van der Waals surface area contributed by atoms with Crippen molar-refractivity contribution in [3.05, 3.63) is 41.4 Å². The van der Waals surface area contributed by atoms with Gasteiger partial charge in [-0.15, -0.1) is 35.3 Å². The normalized spacial score (nSPS) is 15.0. The van der Waals surface area contributed by atoms with E-state index in [1.54, 1.807) is 11.3 Å². The third-order valence-electron chi connectivity index (χ3n) is 4.01. The summed E-state index contributed by atoms with van der Waals surface area (Å²) in [5, 5.41) is 3.09. The molecule has 0 atom stereocenters. The summed E-state index contributed by atoms with van der Waals surface area (Å²) in [5.74, 6) is 1.51. The second-order valence-corrected chi connectivity index (χ2v) is 6.52. The van der Waals surface area contributed by atoms with Gasteiger partial charge in [0.25, 0.3) is 0 Å². The van der Waals surface area contributed by atoms with Gasteiger partial charge in [0, 0.05) is 37.8 Å². The highest BCUT2D eigenvalue weighted by molar-refractivity contribution is 14.0. The van der Waals surface area contributed by atoms with Crippen LogP contribution in [0.15, 0.2) is 40.8 Å². The van der Waals surface area contributed by atoms with E-state index in [0.717, 1.165) is 42.6 Å². The summed E-state index contributed by atoms with van der Waals surface area (Å²) >= 11 is 1.67. The van der Waals surface area contributed by atoms with Gasteiger partial charge < -0.3 is 20.3 Å². The van der Waals surface area contributed by atoms with Crippen molar-refractivity contribution in [3.63, 3.8) is 0 Å². The Hall–Kier alpha value is -1.55. The molecule has 0 aliphatic carbocycles. The van der Waals surface area contributed by atoms with E-state index in [2.05, 4.69) is 19.8 Å². The lowest BCUT2D eigenvalue weighted by atomic mass is 10.2. The third-order valence-corrected chi connectivity index (χ3v) is 4.84. The summed E-state index contributed by atoms with van der Waals surface area (Å²) in [6.45, 7) is 6.71. The topological polar surface area (TPSA) is 67.0 Å². The molecule has 0 spiro atoms. The molecule has 8 heteroatoms. The van der Waals surface area contributed by atoms with Gasteiger partial charge in [0.05, 0.1) is 6.54 Å². The van der Waals surface area contributed by atoms with Crippen molar-refractivity contribution >= 4 is 46.4 Å². The predicted octanol–water partition coefficient (Wildman–Crippen LogP) is 2.59. The number of hydrogen-bond donors (Lipinski definition) is 1. The monoisotopic (exact) mass is 473 g/mol. The minimum absolute atomic E-state index is 0. The van der Waals surface area contributed by atoms with Crippen LogP contribution < -0.4 is 15.4 Å². The molecule has 0 amide bonds. The number of guanidine groups is 1. The van der Waals surface area contributed by atoms with Gasteiger partial charge in [-0.25, -0.2) is 9.98 Å². The number of piperazine rings is 1. The van der Waals surface area contributed by atoms with Crippen molar-refractivity contribution in [2.24, 2.45) is 10.7 Å². The van der Waals surface area contributed by atoms with E-state index in [4.69, 9.17) is 10.5 Å². The fourth-order valence-corrected chi connectivity index (χ4v) is 3.33. The van der Waals surface area contributed by atoms with Crippen LogP contribution >= 0.6 is 35.3 Å². The van der Waals surface area contributed by atoms with Crippen LogP contribution in [-0.2, 0) is 0 Å². The van der Waals surface area contributed by atoms with Crippen LogP contribution in [0.25, 0.3) is 0 Å². The lowest BCUT2D eigenvalue weighted by molar-refractivity contribution is 0.324. The maximum Gasteiger partial charge on any atom is 0.191 e. The molecule has 0 radical (unpaired) electrons. The van der Waals surface area contributed by atoms with E-state index >= 15 is 0 Å². The predicted molar refractivity (Wildman–Crippen MR) is 114 cm³/mol. The van der Waals surface area contributed by atoms with Crippen molar-refractivity contribution in [1.29, 1.82) is 0 Å². The van der Waals surface area contributed by atoms with E-state index in [1.807, 2.05) is 42.8 Å². The molecule has 25 heavy (non-hydrogen) atoms. The molecule has 0 bridgehead atoms. The maximum absolute atomic E-state index is 6.11. The molecule has 2 heterocycles. The Kier molecular flexibility index (Phi) is 7.76. The molecular weight excluding hydrogens is 449 g/mol. The molecule has 136 valence electrons. The lowest BCUT2D eigenvalue weighted by Gasteiger charge is -2.35. The van der Waals surface area contributed by atoms with Crippen LogP contribution in [-0.4, -0.2) is 55.2 Å². The smallest absolute Gasteiger partial charge is 0.191 e. The van der Waals surface area contributed by atoms with E-state index in [1.165, 1.54) is 0 Å². The minimum Gasteiger partial charge on any atom is -0.491 e. The first-order chi connectivity index (χ1) is 11.7. The number of hydrogen-bond acceptors (Lipinski definition) is 5. The SMILES string of the molecule is Cc1ccccc1OCCN=C(N)N1CCN(c2nccs2)CC1.I. The number of thiazole rings is 1. The summed E-state index contributed by atoms with van der Waals surface area (Å²) in [7, 11) is 0. The first-order valence-corrected chi connectivity index (χ1v) is 9.00. The molecule has 0 saturated carbocycles. The zero-order chi connectivity index (χ0) is 16.8. The number of nitrogens with zero attached hydrogens (tertiary/aromatic N) is 4. The number of anilines is 1. The number of aryl methyl sites for hydroxylation is 1. The largest absolute Gasteiger partial charge is 0.491 e. The average molecular weight is 473 g/mol. The number of para-hydroxylation sites is 1. The average Bonchev–Trinajstić information content (AvgIpc) is 3.15. The number of benzene rings is 1. The first kappa shape index (κ1) is 19.8. The molecule has 1 saturated heterocycles. The van der Waals surface area contributed by atoms with Crippen molar-refractivity contribution < 1.29 is 4.74 Å². The number of aliphatic imine (C=N–C) groups is 1. The Morgan fingerprint density at radius 1 is 1.28 bits per heavy atom. The van der Waals surface area contributed by atoms with Gasteiger partial charge in [-0.1, -0.05) is 18.2 Å². The van der Waals surface area contributed by atoms with Crippen molar-refractivity contribution in [1.82, 2.24) is 9.88 Å². The van der Waals surface area contributed by atoms with E-state index in [9.17, 15) is 0 Å². The van der Waals surface area contributed by atoms with Gasteiger partial charge in [-0.05, 0) is 18.6 Å². The minimum atomic E-state index is 0. The number of nitrogens with two attached hydrogens (primary N) is 1. The summed E-state index contributed by atoms with van der Waals surface area (Å²) in [5.41, 5.74) is 7.24. The summed E-state index contributed by atoms with van der Waals surface area (Å²) in [6, 6.07) is 7.99. The van der Waals surface area contributed by atoms with Crippen LogP contribution in [0.1, 0.15) is 5.56 Å². The molecule has 0 unspecified atom stereocenters. The van der Waals surface area contributed by atoms with Crippen molar-refractivity contribution in [2.45, 2.75) is 6.92 Å². The lowest BCUT2D eigenvalue weighted by Crippen LogP contribution is -2.51. The van der Waals surface area contributed by atoms with Gasteiger partial charge in [-0.2, -0.15) is 0 Å². The summed E-state index contributed by atoms with van der Waals surface area (Å²) in [6.07, 6.45) is 1.84.